The molecule has 0 spiro atoms. The second-order valence-corrected chi connectivity index (χ2v) is 9.04. The Morgan fingerprint density at radius 3 is 2.49 bits per heavy atom. The van der Waals surface area contributed by atoms with Gasteiger partial charge in [0.25, 0.3) is 5.56 Å². The van der Waals surface area contributed by atoms with E-state index in [0.29, 0.717) is 42.5 Å². The summed E-state index contributed by atoms with van der Waals surface area (Å²) in [5.41, 5.74) is -0.552. The highest BCUT2D eigenvalue weighted by atomic mass is 32.1. The molecule has 0 fully saturated rings. The minimum Gasteiger partial charge on any atom is -0.467 e. The van der Waals surface area contributed by atoms with Gasteiger partial charge in [-0.1, -0.05) is 18.2 Å². The lowest BCUT2D eigenvalue weighted by atomic mass is 10.2. The number of carbonyl (C=O) groups excluding carboxylic acids is 2. The van der Waals surface area contributed by atoms with Crippen LogP contribution in [-0.2, 0) is 35.8 Å². The Labute approximate surface area is 205 Å². The van der Waals surface area contributed by atoms with Gasteiger partial charge in [-0.25, -0.2) is 4.79 Å². The first kappa shape index (κ1) is 24.2. The number of nitrogens with zero attached hydrogens (tertiary/aromatic N) is 2. The molecule has 0 aliphatic carbocycles. The van der Waals surface area contributed by atoms with Gasteiger partial charge < -0.3 is 15.1 Å². The van der Waals surface area contributed by atoms with E-state index in [4.69, 9.17) is 4.42 Å². The lowest BCUT2D eigenvalue weighted by Gasteiger charge is -2.14. The van der Waals surface area contributed by atoms with Crippen molar-refractivity contribution in [3.63, 3.8) is 0 Å². The first-order chi connectivity index (χ1) is 17.0. The van der Waals surface area contributed by atoms with Crippen molar-refractivity contribution in [2.24, 2.45) is 0 Å². The summed E-state index contributed by atoms with van der Waals surface area (Å²) >= 11 is 1.58. The van der Waals surface area contributed by atoms with Crippen LogP contribution in [0.5, 0.6) is 0 Å². The molecule has 2 N–H and O–H groups in total. The zero-order valence-electron chi connectivity index (χ0n) is 19.1. The van der Waals surface area contributed by atoms with E-state index in [1.165, 1.54) is 10.8 Å². The van der Waals surface area contributed by atoms with E-state index in [-0.39, 0.29) is 31.4 Å². The standard InChI is InChI=1S/C25H26N4O5S/c30-22(27-16-19-8-6-14-35-19)11-3-4-12-28-24(32)20-9-1-2-10-21(20)29(25(28)33)17-23(31)26-15-18-7-5-13-34-18/h1-2,5-10,13-14H,3-4,11-12,15-17H2,(H,26,31)(H,27,30). The molecule has 1 aromatic carbocycles. The quantitative estimate of drug-likeness (QED) is 0.311. The number of amides is 2. The lowest BCUT2D eigenvalue weighted by Crippen LogP contribution is -2.42. The molecule has 0 bridgehead atoms. The zero-order valence-corrected chi connectivity index (χ0v) is 19.9. The molecule has 35 heavy (non-hydrogen) atoms. The van der Waals surface area contributed by atoms with E-state index in [9.17, 15) is 19.2 Å². The van der Waals surface area contributed by atoms with E-state index in [1.54, 1.807) is 47.7 Å². The van der Waals surface area contributed by atoms with Gasteiger partial charge in [0.1, 0.15) is 12.3 Å². The summed E-state index contributed by atoms with van der Waals surface area (Å²) in [5.74, 6) is 0.149. The Balaban J connectivity index is 1.41. The summed E-state index contributed by atoms with van der Waals surface area (Å²) in [6, 6.07) is 14.1. The van der Waals surface area contributed by atoms with E-state index in [0.717, 1.165) is 9.44 Å². The minimum absolute atomic E-state index is 0.0742. The molecule has 9 nitrogen and oxygen atoms in total. The topological polar surface area (TPSA) is 115 Å². The largest absolute Gasteiger partial charge is 0.467 e. The molecule has 0 saturated carbocycles. The number of benzene rings is 1. The molecule has 0 atom stereocenters. The maximum Gasteiger partial charge on any atom is 0.331 e. The number of aromatic nitrogens is 2. The lowest BCUT2D eigenvalue weighted by molar-refractivity contribution is -0.122. The maximum absolute atomic E-state index is 13.2. The highest BCUT2D eigenvalue weighted by molar-refractivity contribution is 7.09. The summed E-state index contributed by atoms with van der Waals surface area (Å²) in [5, 5.41) is 7.91. The van der Waals surface area contributed by atoms with Crippen LogP contribution in [-0.4, -0.2) is 20.9 Å². The van der Waals surface area contributed by atoms with Crippen molar-refractivity contribution in [2.45, 2.75) is 45.4 Å². The maximum atomic E-state index is 13.2. The average molecular weight is 495 g/mol. The summed E-state index contributed by atoms with van der Waals surface area (Å²) in [7, 11) is 0. The zero-order chi connectivity index (χ0) is 24.6. The first-order valence-corrected chi connectivity index (χ1v) is 12.2. The fraction of sp³-hybridized carbons (Fsp3) is 0.280. The number of para-hydroxylation sites is 1. The van der Waals surface area contributed by atoms with Gasteiger partial charge in [0.2, 0.25) is 11.8 Å². The van der Waals surface area contributed by atoms with Gasteiger partial charge in [0, 0.05) is 17.8 Å². The number of fused-ring (bicyclic) bond motifs is 1. The van der Waals surface area contributed by atoms with Crippen molar-refractivity contribution < 1.29 is 14.0 Å². The van der Waals surface area contributed by atoms with E-state index >= 15 is 0 Å². The summed E-state index contributed by atoms with van der Waals surface area (Å²) in [4.78, 5) is 51.9. The predicted octanol–water partition coefficient (Wildman–Crippen LogP) is 2.62. The molecule has 0 aliphatic rings. The Morgan fingerprint density at radius 2 is 1.71 bits per heavy atom. The van der Waals surface area contributed by atoms with Crippen molar-refractivity contribution in [3.05, 3.63) is 91.6 Å². The molecule has 10 heteroatoms. The van der Waals surface area contributed by atoms with Crippen molar-refractivity contribution in [2.75, 3.05) is 0 Å². The molecule has 4 aromatic rings. The van der Waals surface area contributed by atoms with Crippen LogP contribution < -0.4 is 21.9 Å². The number of hydrogen-bond acceptors (Lipinski definition) is 6. The van der Waals surface area contributed by atoms with Crippen LogP contribution in [0, 0.1) is 0 Å². The number of nitrogens with one attached hydrogen (secondary N) is 2. The predicted molar refractivity (Wildman–Crippen MR) is 133 cm³/mol. The average Bonchev–Trinajstić information content (AvgIpc) is 3.58. The van der Waals surface area contributed by atoms with Crippen molar-refractivity contribution >= 4 is 34.1 Å². The summed E-state index contributed by atoms with van der Waals surface area (Å²) in [6.07, 6.45) is 2.82. The third-order valence-electron chi connectivity index (χ3n) is 5.55. The number of hydrogen-bond donors (Lipinski definition) is 2. The molecule has 3 heterocycles. The Morgan fingerprint density at radius 1 is 0.886 bits per heavy atom. The molecule has 0 saturated heterocycles. The Kier molecular flexibility index (Phi) is 7.94. The number of thiophene rings is 1. The molecular formula is C25H26N4O5S. The molecule has 0 aliphatic heterocycles. The van der Waals surface area contributed by atoms with Crippen LogP contribution in [0.25, 0.3) is 10.9 Å². The van der Waals surface area contributed by atoms with Gasteiger partial charge in [-0.15, -0.1) is 11.3 Å². The molecule has 3 aromatic heterocycles. The molecule has 4 rings (SSSR count). The molecule has 0 unspecified atom stereocenters. The monoisotopic (exact) mass is 494 g/mol. The van der Waals surface area contributed by atoms with Crippen LogP contribution in [0.2, 0.25) is 0 Å². The van der Waals surface area contributed by atoms with Gasteiger partial charge in [0.05, 0.1) is 30.3 Å². The Bertz CT molecular complexity index is 1400. The number of rotatable bonds is 11. The van der Waals surface area contributed by atoms with Gasteiger partial charge in [-0.05, 0) is 48.6 Å². The van der Waals surface area contributed by atoms with Gasteiger partial charge >= 0.3 is 5.69 Å². The first-order valence-electron chi connectivity index (χ1n) is 11.3. The SMILES string of the molecule is O=C(CCCCn1c(=O)c2ccccc2n(CC(=O)NCc2ccco2)c1=O)NCc1cccs1. The third-order valence-corrected chi connectivity index (χ3v) is 6.43. The van der Waals surface area contributed by atoms with Crippen molar-refractivity contribution in [1.82, 2.24) is 19.8 Å². The minimum atomic E-state index is -0.552. The molecule has 182 valence electrons. The summed E-state index contributed by atoms with van der Waals surface area (Å²) in [6.45, 7) is 0.625. The smallest absolute Gasteiger partial charge is 0.331 e. The molecular weight excluding hydrogens is 468 g/mol. The fourth-order valence-electron chi connectivity index (χ4n) is 3.76. The van der Waals surface area contributed by atoms with Gasteiger partial charge in [-0.3, -0.25) is 23.5 Å². The third kappa shape index (κ3) is 6.15. The van der Waals surface area contributed by atoms with Crippen LogP contribution >= 0.6 is 11.3 Å². The highest BCUT2D eigenvalue weighted by Crippen LogP contribution is 2.09. The van der Waals surface area contributed by atoms with E-state index in [1.807, 2.05) is 17.5 Å². The Hall–Kier alpha value is -3.92. The van der Waals surface area contributed by atoms with E-state index < -0.39 is 11.2 Å². The van der Waals surface area contributed by atoms with Crippen LogP contribution in [0.3, 0.4) is 0 Å². The number of carbonyl (C=O) groups is 2. The van der Waals surface area contributed by atoms with E-state index in [2.05, 4.69) is 10.6 Å². The number of furan rings is 1. The summed E-state index contributed by atoms with van der Waals surface area (Å²) < 4.78 is 7.66. The number of unbranched alkanes of at least 4 members (excludes halogenated alkanes) is 1. The van der Waals surface area contributed by atoms with Gasteiger partial charge in [0.15, 0.2) is 0 Å². The fourth-order valence-corrected chi connectivity index (χ4v) is 4.41. The second kappa shape index (κ2) is 11.5. The second-order valence-electron chi connectivity index (χ2n) is 8.01. The highest BCUT2D eigenvalue weighted by Gasteiger charge is 2.15. The molecule has 2 amide bonds. The normalized spacial score (nSPS) is 11.0. The van der Waals surface area contributed by atoms with Crippen LogP contribution in [0.15, 0.2) is 74.2 Å². The molecule has 0 radical (unpaired) electrons. The van der Waals surface area contributed by atoms with Crippen molar-refractivity contribution in [1.29, 1.82) is 0 Å². The van der Waals surface area contributed by atoms with Crippen LogP contribution in [0.1, 0.15) is 29.9 Å². The van der Waals surface area contributed by atoms with Crippen molar-refractivity contribution in [3.8, 4) is 0 Å². The van der Waals surface area contributed by atoms with Gasteiger partial charge in [-0.2, -0.15) is 0 Å². The van der Waals surface area contributed by atoms with Crippen LogP contribution in [0.4, 0.5) is 0 Å².